The minimum absolute atomic E-state index is 0.165. The van der Waals surface area contributed by atoms with Gasteiger partial charge in [-0.05, 0) is 23.8 Å². The Balaban J connectivity index is 2.18. The van der Waals surface area contributed by atoms with Gasteiger partial charge in [-0.2, -0.15) is 13.2 Å². The number of hydrogen-bond donors (Lipinski definition) is 1. The summed E-state index contributed by atoms with van der Waals surface area (Å²) in [6, 6.07) is 11.9. The fourth-order valence-corrected chi connectivity index (χ4v) is 2.26. The molecule has 0 heterocycles. The standard InChI is InChI=1S/C18H16F3NO3/c1-25-17(24)15(10-12-6-3-2-4-7-12)22-16(23)13-8-5-9-14(11-13)18(19,20)21/h2-9,11,15H,10H2,1H3,(H,22,23). The third-order valence-corrected chi connectivity index (χ3v) is 3.53. The van der Waals surface area contributed by atoms with Crippen LogP contribution in [0.5, 0.6) is 0 Å². The summed E-state index contributed by atoms with van der Waals surface area (Å²) in [6.45, 7) is 0. The zero-order valence-electron chi connectivity index (χ0n) is 13.3. The average molecular weight is 351 g/mol. The van der Waals surface area contributed by atoms with E-state index in [-0.39, 0.29) is 12.0 Å². The van der Waals surface area contributed by atoms with Gasteiger partial charge in [0.15, 0.2) is 0 Å². The largest absolute Gasteiger partial charge is 0.467 e. The van der Waals surface area contributed by atoms with Crippen LogP contribution in [0.4, 0.5) is 13.2 Å². The number of esters is 1. The van der Waals surface area contributed by atoms with Crippen LogP contribution in [0.25, 0.3) is 0 Å². The molecule has 2 rings (SSSR count). The molecule has 1 amide bonds. The molecule has 2 aromatic carbocycles. The summed E-state index contributed by atoms with van der Waals surface area (Å²) < 4.78 is 42.9. The Labute approximate surface area is 142 Å². The van der Waals surface area contributed by atoms with Gasteiger partial charge in [-0.3, -0.25) is 4.79 Å². The number of hydrogen-bond acceptors (Lipinski definition) is 3. The maximum absolute atomic E-state index is 12.8. The van der Waals surface area contributed by atoms with Gasteiger partial charge in [-0.1, -0.05) is 36.4 Å². The van der Waals surface area contributed by atoms with Gasteiger partial charge < -0.3 is 10.1 Å². The van der Waals surface area contributed by atoms with Crippen molar-refractivity contribution in [3.63, 3.8) is 0 Å². The highest BCUT2D eigenvalue weighted by Gasteiger charge is 2.31. The van der Waals surface area contributed by atoms with Crippen molar-refractivity contribution in [1.29, 1.82) is 0 Å². The molecule has 2 aromatic rings. The third-order valence-electron chi connectivity index (χ3n) is 3.53. The number of alkyl halides is 3. The molecule has 0 aliphatic carbocycles. The van der Waals surface area contributed by atoms with Crippen LogP contribution in [-0.4, -0.2) is 25.0 Å². The van der Waals surface area contributed by atoms with Crippen LogP contribution in [0.2, 0.25) is 0 Å². The van der Waals surface area contributed by atoms with Gasteiger partial charge in [0, 0.05) is 12.0 Å². The maximum atomic E-state index is 12.8. The Morgan fingerprint density at radius 2 is 1.76 bits per heavy atom. The van der Waals surface area contributed by atoms with Gasteiger partial charge >= 0.3 is 12.1 Å². The van der Waals surface area contributed by atoms with E-state index in [1.165, 1.54) is 13.2 Å². The van der Waals surface area contributed by atoms with E-state index in [0.717, 1.165) is 23.8 Å². The minimum Gasteiger partial charge on any atom is -0.467 e. The van der Waals surface area contributed by atoms with Crippen molar-refractivity contribution in [1.82, 2.24) is 5.32 Å². The summed E-state index contributed by atoms with van der Waals surface area (Å²) in [5.74, 6) is -1.46. The summed E-state index contributed by atoms with van der Waals surface area (Å²) in [5.41, 5.74) is -0.336. The lowest BCUT2D eigenvalue weighted by Gasteiger charge is -2.17. The number of benzene rings is 2. The van der Waals surface area contributed by atoms with Gasteiger partial charge in [0.2, 0.25) is 0 Å². The summed E-state index contributed by atoms with van der Waals surface area (Å²) in [5, 5.41) is 2.43. The van der Waals surface area contributed by atoms with Gasteiger partial charge in [0.05, 0.1) is 12.7 Å². The molecule has 0 saturated heterocycles. The number of nitrogens with one attached hydrogen (secondary N) is 1. The molecule has 0 radical (unpaired) electrons. The first kappa shape index (κ1) is 18.5. The summed E-state index contributed by atoms with van der Waals surface area (Å²) >= 11 is 0. The Morgan fingerprint density at radius 1 is 1.08 bits per heavy atom. The van der Waals surface area contributed by atoms with Crippen LogP contribution in [-0.2, 0) is 22.1 Å². The van der Waals surface area contributed by atoms with Crippen LogP contribution >= 0.6 is 0 Å². The molecule has 1 N–H and O–H groups in total. The molecular weight excluding hydrogens is 335 g/mol. The summed E-state index contributed by atoms with van der Waals surface area (Å²) in [6.07, 6.45) is -4.39. The number of carbonyl (C=O) groups excluding carboxylic acids is 2. The predicted octanol–water partition coefficient (Wildman–Crippen LogP) is 3.22. The zero-order chi connectivity index (χ0) is 18.4. The first-order valence-electron chi connectivity index (χ1n) is 7.41. The molecule has 0 saturated carbocycles. The Bertz CT molecular complexity index is 745. The topological polar surface area (TPSA) is 55.4 Å². The highest BCUT2D eigenvalue weighted by atomic mass is 19.4. The smallest absolute Gasteiger partial charge is 0.416 e. The van der Waals surface area contributed by atoms with E-state index in [0.29, 0.717) is 0 Å². The normalized spacial score (nSPS) is 12.3. The van der Waals surface area contributed by atoms with Crippen LogP contribution in [0, 0.1) is 0 Å². The average Bonchev–Trinajstić information content (AvgIpc) is 2.60. The van der Waals surface area contributed by atoms with Gasteiger partial charge in [-0.25, -0.2) is 4.79 Å². The summed E-state index contributed by atoms with van der Waals surface area (Å²) in [4.78, 5) is 24.2. The number of rotatable bonds is 5. The number of methoxy groups -OCH3 is 1. The molecule has 0 aromatic heterocycles. The summed E-state index contributed by atoms with van der Waals surface area (Å²) in [7, 11) is 1.18. The first-order chi connectivity index (χ1) is 11.8. The maximum Gasteiger partial charge on any atom is 0.416 e. The van der Waals surface area contributed by atoms with Crippen molar-refractivity contribution in [3.05, 3.63) is 71.3 Å². The van der Waals surface area contributed by atoms with Crippen LogP contribution < -0.4 is 5.32 Å². The second-order valence-corrected chi connectivity index (χ2v) is 5.32. The van der Waals surface area contributed by atoms with Crippen molar-refractivity contribution in [2.24, 2.45) is 0 Å². The number of ether oxygens (including phenoxy) is 1. The molecular formula is C18H16F3NO3. The second-order valence-electron chi connectivity index (χ2n) is 5.32. The van der Waals surface area contributed by atoms with E-state index < -0.39 is 29.7 Å². The molecule has 0 spiro atoms. The molecule has 1 unspecified atom stereocenters. The first-order valence-corrected chi connectivity index (χ1v) is 7.41. The van der Waals surface area contributed by atoms with E-state index in [1.807, 2.05) is 0 Å². The van der Waals surface area contributed by atoms with Crippen LogP contribution in [0.15, 0.2) is 54.6 Å². The monoisotopic (exact) mass is 351 g/mol. The van der Waals surface area contributed by atoms with Gasteiger partial charge in [0.25, 0.3) is 5.91 Å². The van der Waals surface area contributed by atoms with Crippen molar-refractivity contribution in [2.75, 3.05) is 7.11 Å². The molecule has 0 fully saturated rings. The Morgan fingerprint density at radius 3 is 2.36 bits per heavy atom. The van der Waals surface area contributed by atoms with Gasteiger partial charge in [0.1, 0.15) is 6.04 Å². The molecule has 4 nitrogen and oxygen atoms in total. The Kier molecular flexibility index (Phi) is 5.80. The third kappa shape index (κ3) is 5.07. The second kappa shape index (κ2) is 7.83. The highest BCUT2D eigenvalue weighted by Crippen LogP contribution is 2.29. The number of carbonyl (C=O) groups is 2. The van der Waals surface area contributed by atoms with Crippen molar-refractivity contribution >= 4 is 11.9 Å². The molecule has 0 aliphatic rings. The van der Waals surface area contributed by atoms with Crippen LogP contribution in [0.1, 0.15) is 21.5 Å². The SMILES string of the molecule is COC(=O)C(Cc1ccccc1)NC(=O)c1cccc(C(F)(F)F)c1. The predicted molar refractivity (Wildman–Crippen MR) is 84.9 cm³/mol. The fourth-order valence-electron chi connectivity index (χ4n) is 2.26. The molecule has 7 heteroatoms. The lowest BCUT2D eigenvalue weighted by Crippen LogP contribution is -2.43. The quantitative estimate of drug-likeness (QED) is 0.842. The lowest BCUT2D eigenvalue weighted by atomic mass is 10.0. The minimum atomic E-state index is -4.55. The Hall–Kier alpha value is -2.83. The lowest BCUT2D eigenvalue weighted by molar-refractivity contribution is -0.143. The van der Waals surface area contributed by atoms with Crippen molar-refractivity contribution < 1.29 is 27.5 Å². The van der Waals surface area contributed by atoms with E-state index in [9.17, 15) is 22.8 Å². The molecule has 25 heavy (non-hydrogen) atoms. The fraction of sp³-hybridized carbons (Fsp3) is 0.222. The highest BCUT2D eigenvalue weighted by molar-refractivity contribution is 5.97. The zero-order valence-corrected chi connectivity index (χ0v) is 13.3. The number of amides is 1. The molecule has 0 aliphatic heterocycles. The molecule has 132 valence electrons. The molecule has 1 atom stereocenters. The number of halogens is 3. The van der Waals surface area contributed by atoms with E-state index in [4.69, 9.17) is 0 Å². The van der Waals surface area contributed by atoms with E-state index in [1.54, 1.807) is 30.3 Å². The van der Waals surface area contributed by atoms with E-state index >= 15 is 0 Å². The van der Waals surface area contributed by atoms with Crippen molar-refractivity contribution in [2.45, 2.75) is 18.6 Å². The van der Waals surface area contributed by atoms with Gasteiger partial charge in [-0.15, -0.1) is 0 Å². The van der Waals surface area contributed by atoms with Crippen LogP contribution in [0.3, 0.4) is 0 Å². The van der Waals surface area contributed by atoms with Crippen molar-refractivity contribution in [3.8, 4) is 0 Å². The molecule has 0 bridgehead atoms. The van der Waals surface area contributed by atoms with E-state index in [2.05, 4.69) is 10.1 Å².